The van der Waals surface area contributed by atoms with Crippen LogP contribution in [0.25, 0.3) is 0 Å². The van der Waals surface area contributed by atoms with Gasteiger partial charge in [0.25, 0.3) is 0 Å². The zero-order valence-corrected chi connectivity index (χ0v) is 14.6. The summed E-state index contributed by atoms with van der Waals surface area (Å²) < 4.78 is 6.21. The van der Waals surface area contributed by atoms with E-state index in [1.54, 1.807) is 6.08 Å². The average molecular weight is 335 g/mol. The maximum Gasteiger partial charge on any atom is 0.145 e. The number of aliphatic hydroxyl groups excluding tert-OH is 1. The molecule has 2 aromatic carbocycles. The standard InChI is InChI=1S/C22H25NO2/c1-2-25-22(15-13-21(24)14-16-22)23(17-19-9-5-3-6-10-19)18-20-11-7-4-8-12-20/h3-15,24H,2,16-18H2,1H3. The number of allylic oxidation sites excluding steroid dienone is 1. The fourth-order valence-electron chi connectivity index (χ4n) is 3.22. The van der Waals surface area contributed by atoms with Crippen LogP contribution in [0.1, 0.15) is 24.5 Å². The van der Waals surface area contributed by atoms with Gasteiger partial charge >= 0.3 is 0 Å². The van der Waals surface area contributed by atoms with Crippen LogP contribution in [0.5, 0.6) is 0 Å². The normalized spacial score (nSPS) is 19.8. The molecule has 0 amide bonds. The van der Waals surface area contributed by atoms with Crippen LogP contribution in [0.3, 0.4) is 0 Å². The molecule has 3 heteroatoms. The SMILES string of the molecule is CCOC1(N(Cc2ccccc2)Cc2ccccc2)C=CC(O)=CC1. The number of hydrogen-bond acceptors (Lipinski definition) is 3. The van der Waals surface area contributed by atoms with Crippen LogP contribution in [-0.2, 0) is 17.8 Å². The van der Waals surface area contributed by atoms with Crippen molar-refractivity contribution in [3.63, 3.8) is 0 Å². The molecule has 0 fully saturated rings. The summed E-state index contributed by atoms with van der Waals surface area (Å²) in [6.45, 7) is 4.17. The number of benzene rings is 2. The maximum atomic E-state index is 9.77. The molecule has 0 aliphatic heterocycles. The summed E-state index contributed by atoms with van der Waals surface area (Å²) in [5, 5.41) is 9.77. The van der Waals surface area contributed by atoms with Crippen LogP contribution < -0.4 is 0 Å². The quantitative estimate of drug-likeness (QED) is 0.736. The van der Waals surface area contributed by atoms with Crippen molar-refractivity contribution in [3.8, 4) is 0 Å². The Balaban J connectivity index is 1.92. The predicted octanol–water partition coefficient (Wildman–Crippen LogP) is 4.82. The van der Waals surface area contributed by atoms with E-state index >= 15 is 0 Å². The van der Waals surface area contributed by atoms with E-state index in [1.807, 2.05) is 31.2 Å². The number of nitrogens with zero attached hydrogens (tertiary/aromatic N) is 1. The van der Waals surface area contributed by atoms with Gasteiger partial charge < -0.3 is 9.84 Å². The summed E-state index contributed by atoms with van der Waals surface area (Å²) in [5.74, 6) is 0.301. The van der Waals surface area contributed by atoms with Gasteiger partial charge in [-0.1, -0.05) is 60.7 Å². The molecule has 0 aromatic heterocycles. The van der Waals surface area contributed by atoms with E-state index in [0.29, 0.717) is 18.8 Å². The van der Waals surface area contributed by atoms with E-state index in [-0.39, 0.29) is 0 Å². The van der Waals surface area contributed by atoms with Gasteiger partial charge in [0.15, 0.2) is 0 Å². The molecule has 1 N–H and O–H groups in total. The zero-order chi connectivity index (χ0) is 17.5. The molecule has 1 atom stereocenters. The van der Waals surface area contributed by atoms with Crippen molar-refractivity contribution in [2.75, 3.05) is 6.61 Å². The average Bonchev–Trinajstić information content (AvgIpc) is 2.65. The van der Waals surface area contributed by atoms with E-state index in [2.05, 4.69) is 53.4 Å². The molecule has 0 heterocycles. The summed E-state index contributed by atoms with van der Waals surface area (Å²) in [7, 11) is 0. The van der Waals surface area contributed by atoms with Crippen molar-refractivity contribution in [2.24, 2.45) is 0 Å². The Labute approximate surface area is 149 Å². The number of rotatable bonds is 7. The van der Waals surface area contributed by atoms with Crippen LogP contribution in [0, 0.1) is 0 Å². The monoisotopic (exact) mass is 335 g/mol. The van der Waals surface area contributed by atoms with E-state index < -0.39 is 5.72 Å². The van der Waals surface area contributed by atoms with E-state index in [9.17, 15) is 5.11 Å². The van der Waals surface area contributed by atoms with Gasteiger partial charge in [0, 0.05) is 26.1 Å². The Hall–Kier alpha value is -2.36. The molecule has 0 saturated carbocycles. The first-order valence-electron chi connectivity index (χ1n) is 8.77. The fraction of sp³-hybridized carbons (Fsp3) is 0.273. The Morgan fingerprint density at radius 3 is 1.96 bits per heavy atom. The second kappa shape index (κ2) is 8.15. The van der Waals surface area contributed by atoms with Gasteiger partial charge in [-0.05, 0) is 36.3 Å². The summed E-state index contributed by atoms with van der Waals surface area (Å²) in [6, 6.07) is 20.9. The molecule has 0 saturated heterocycles. The summed E-state index contributed by atoms with van der Waals surface area (Å²) in [6.07, 6.45) is 6.18. The predicted molar refractivity (Wildman–Crippen MR) is 101 cm³/mol. The van der Waals surface area contributed by atoms with Crippen molar-refractivity contribution < 1.29 is 9.84 Å². The van der Waals surface area contributed by atoms with Gasteiger partial charge in [-0.2, -0.15) is 0 Å². The lowest BCUT2D eigenvalue weighted by molar-refractivity contribution is -0.126. The Kier molecular flexibility index (Phi) is 5.69. The second-order valence-corrected chi connectivity index (χ2v) is 6.27. The Morgan fingerprint density at radius 1 is 0.960 bits per heavy atom. The lowest BCUT2D eigenvalue weighted by atomic mass is 9.99. The molecular weight excluding hydrogens is 310 g/mol. The molecule has 0 spiro atoms. The first-order valence-corrected chi connectivity index (χ1v) is 8.77. The molecule has 0 bridgehead atoms. The first kappa shape index (κ1) is 17.5. The van der Waals surface area contributed by atoms with E-state index in [0.717, 1.165) is 13.1 Å². The van der Waals surface area contributed by atoms with Crippen molar-refractivity contribution in [3.05, 3.63) is 95.8 Å². The van der Waals surface area contributed by atoms with Crippen molar-refractivity contribution in [2.45, 2.75) is 32.2 Å². The highest BCUT2D eigenvalue weighted by atomic mass is 16.5. The molecule has 130 valence electrons. The van der Waals surface area contributed by atoms with Gasteiger partial charge in [-0.3, -0.25) is 4.90 Å². The van der Waals surface area contributed by atoms with Crippen LogP contribution in [0.2, 0.25) is 0 Å². The molecule has 3 nitrogen and oxygen atoms in total. The largest absolute Gasteiger partial charge is 0.508 e. The summed E-state index contributed by atoms with van der Waals surface area (Å²) >= 11 is 0. The van der Waals surface area contributed by atoms with Crippen molar-refractivity contribution in [1.82, 2.24) is 4.90 Å². The number of ether oxygens (including phenoxy) is 1. The number of hydrogen-bond donors (Lipinski definition) is 1. The molecule has 3 rings (SSSR count). The van der Waals surface area contributed by atoms with Crippen LogP contribution in [0.15, 0.2) is 84.7 Å². The molecule has 1 aliphatic rings. The lowest BCUT2D eigenvalue weighted by Gasteiger charge is -2.42. The van der Waals surface area contributed by atoms with Gasteiger partial charge in [0.2, 0.25) is 0 Å². The number of aliphatic hydroxyl groups is 1. The summed E-state index contributed by atoms with van der Waals surface area (Å²) in [4.78, 5) is 2.33. The third kappa shape index (κ3) is 4.38. The minimum atomic E-state index is -0.549. The van der Waals surface area contributed by atoms with E-state index in [1.165, 1.54) is 11.1 Å². The highest BCUT2D eigenvalue weighted by molar-refractivity contribution is 5.25. The molecule has 2 aromatic rings. The third-order valence-electron chi connectivity index (χ3n) is 4.48. The van der Waals surface area contributed by atoms with Gasteiger partial charge in [-0.15, -0.1) is 0 Å². The molecule has 1 unspecified atom stereocenters. The molecule has 0 radical (unpaired) electrons. The van der Waals surface area contributed by atoms with Crippen LogP contribution >= 0.6 is 0 Å². The fourth-order valence-corrected chi connectivity index (χ4v) is 3.22. The first-order chi connectivity index (χ1) is 12.2. The lowest BCUT2D eigenvalue weighted by Crippen LogP contribution is -2.49. The van der Waals surface area contributed by atoms with Gasteiger partial charge in [0.05, 0.1) is 0 Å². The highest BCUT2D eigenvalue weighted by Gasteiger charge is 2.36. The van der Waals surface area contributed by atoms with Gasteiger partial charge in [-0.25, -0.2) is 0 Å². The van der Waals surface area contributed by atoms with E-state index in [4.69, 9.17) is 4.74 Å². The van der Waals surface area contributed by atoms with Crippen molar-refractivity contribution >= 4 is 0 Å². The second-order valence-electron chi connectivity index (χ2n) is 6.27. The zero-order valence-electron chi connectivity index (χ0n) is 14.6. The molecular formula is C22H25NO2. The van der Waals surface area contributed by atoms with Crippen LogP contribution in [-0.4, -0.2) is 22.3 Å². The molecule has 25 heavy (non-hydrogen) atoms. The van der Waals surface area contributed by atoms with Gasteiger partial charge in [0.1, 0.15) is 11.5 Å². The highest BCUT2D eigenvalue weighted by Crippen LogP contribution is 2.31. The topological polar surface area (TPSA) is 32.7 Å². The Morgan fingerprint density at radius 2 is 1.52 bits per heavy atom. The summed E-state index contributed by atoms with van der Waals surface area (Å²) in [5.41, 5.74) is 1.93. The Bertz CT molecular complexity index is 683. The van der Waals surface area contributed by atoms with Crippen LogP contribution in [0.4, 0.5) is 0 Å². The third-order valence-corrected chi connectivity index (χ3v) is 4.48. The smallest absolute Gasteiger partial charge is 0.145 e. The van der Waals surface area contributed by atoms with Crippen molar-refractivity contribution in [1.29, 1.82) is 0 Å². The maximum absolute atomic E-state index is 9.77. The minimum Gasteiger partial charge on any atom is -0.508 e. The minimum absolute atomic E-state index is 0.301. The molecule has 1 aliphatic carbocycles.